The zero-order valence-corrected chi connectivity index (χ0v) is 14.4. The number of carbonyl (C=O) groups excluding carboxylic acids is 3. The summed E-state index contributed by atoms with van der Waals surface area (Å²) < 4.78 is 4.97. The predicted octanol–water partition coefficient (Wildman–Crippen LogP) is 1.61. The van der Waals surface area contributed by atoms with Gasteiger partial charge in [0.2, 0.25) is 0 Å². The molecular weight excluding hydrogens is 340 g/mol. The van der Waals surface area contributed by atoms with E-state index in [2.05, 4.69) is 5.32 Å². The van der Waals surface area contributed by atoms with Crippen molar-refractivity contribution < 1.29 is 19.1 Å². The van der Waals surface area contributed by atoms with Crippen molar-refractivity contribution in [1.82, 2.24) is 5.32 Å². The summed E-state index contributed by atoms with van der Waals surface area (Å²) in [5, 5.41) is 3.12. The fourth-order valence-corrected chi connectivity index (χ4v) is 2.24. The Morgan fingerprint density at radius 3 is 2.43 bits per heavy atom. The van der Waals surface area contributed by atoms with Gasteiger partial charge in [0.1, 0.15) is 6.04 Å². The molecule has 23 heavy (non-hydrogen) atoms. The molecule has 0 bridgehead atoms. The van der Waals surface area contributed by atoms with Gasteiger partial charge in [0.25, 0.3) is 11.8 Å². The Bertz CT molecular complexity index is 565. The average molecular weight is 359 g/mol. The van der Waals surface area contributed by atoms with E-state index < -0.39 is 29.9 Å². The molecular formula is C15H19ClN2O4S. The lowest BCUT2D eigenvalue weighted by molar-refractivity contribution is -0.155. The highest BCUT2D eigenvalue weighted by atomic mass is 35.5. The predicted molar refractivity (Wildman–Crippen MR) is 90.5 cm³/mol. The number of esters is 1. The topological polar surface area (TPSA) is 98.5 Å². The quantitative estimate of drug-likeness (QED) is 0.688. The molecule has 0 aliphatic rings. The van der Waals surface area contributed by atoms with Crippen LogP contribution in [0.5, 0.6) is 0 Å². The minimum Gasteiger partial charge on any atom is -0.451 e. The Balaban J connectivity index is 2.76. The lowest BCUT2D eigenvalue weighted by Crippen LogP contribution is -2.44. The second-order valence-corrected chi connectivity index (χ2v) is 6.22. The number of hydrogen-bond donors (Lipinski definition) is 2. The SMILES string of the molecule is CSCC[C@@H](NC(=O)c1ccc(Cl)cc1)C(=O)O[C@@H](C)C(N)=O. The van der Waals surface area contributed by atoms with Crippen LogP contribution < -0.4 is 11.1 Å². The number of amides is 2. The molecule has 2 atom stereocenters. The number of thioether (sulfide) groups is 1. The molecule has 0 aliphatic heterocycles. The zero-order valence-electron chi connectivity index (χ0n) is 12.9. The van der Waals surface area contributed by atoms with E-state index in [4.69, 9.17) is 22.1 Å². The summed E-state index contributed by atoms with van der Waals surface area (Å²) in [6, 6.07) is 5.43. The van der Waals surface area contributed by atoms with Crippen LogP contribution in [-0.2, 0) is 14.3 Å². The Morgan fingerprint density at radius 1 is 1.30 bits per heavy atom. The van der Waals surface area contributed by atoms with Gasteiger partial charge >= 0.3 is 5.97 Å². The van der Waals surface area contributed by atoms with Crippen molar-refractivity contribution in [3.63, 3.8) is 0 Å². The Morgan fingerprint density at radius 2 is 1.91 bits per heavy atom. The molecule has 0 fully saturated rings. The first kappa shape index (κ1) is 19.3. The van der Waals surface area contributed by atoms with Crippen molar-refractivity contribution >= 4 is 41.1 Å². The van der Waals surface area contributed by atoms with Gasteiger partial charge in [-0.25, -0.2) is 4.79 Å². The van der Waals surface area contributed by atoms with E-state index in [1.165, 1.54) is 18.7 Å². The zero-order chi connectivity index (χ0) is 17.4. The normalized spacial score (nSPS) is 13.0. The number of halogens is 1. The third-order valence-corrected chi connectivity index (χ3v) is 3.90. The highest BCUT2D eigenvalue weighted by Crippen LogP contribution is 2.11. The van der Waals surface area contributed by atoms with Gasteiger partial charge in [0, 0.05) is 10.6 Å². The maximum absolute atomic E-state index is 12.2. The molecule has 0 spiro atoms. The minimum absolute atomic E-state index is 0.374. The van der Waals surface area contributed by atoms with Crippen LogP contribution in [0.4, 0.5) is 0 Å². The van der Waals surface area contributed by atoms with E-state index in [9.17, 15) is 14.4 Å². The molecule has 1 rings (SSSR count). The number of hydrogen-bond acceptors (Lipinski definition) is 5. The summed E-state index contributed by atoms with van der Waals surface area (Å²) >= 11 is 7.30. The number of benzene rings is 1. The molecule has 0 unspecified atom stereocenters. The second kappa shape index (κ2) is 9.42. The van der Waals surface area contributed by atoms with Crippen molar-refractivity contribution in [2.75, 3.05) is 12.0 Å². The second-order valence-electron chi connectivity index (χ2n) is 4.80. The summed E-state index contributed by atoms with van der Waals surface area (Å²) in [6.07, 6.45) is 1.21. The molecule has 2 amide bonds. The van der Waals surface area contributed by atoms with Gasteiger partial charge < -0.3 is 15.8 Å². The first-order valence-corrected chi connectivity index (χ1v) is 8.67. The third-order valence-electron chi connectivity index (χ3n) is 3.00. The number of primary amides is 1. The molecule has 3 N–H and O–H groups in total. The number of carbonyl (C=O) groups is 3. The number of rotatable bonds is 8. The number of ether oxygens (including phenoxy) is 1. The molecule has 1 aromatic carbocycles. The fourth-order valence-electron chi connectivity index (χ4n) is 1.64. The molecule has 0 aromatic heterocycles. The monoisotopic (exact) mass is 358 g/mol. The van der Waals surface area contributed by atoms with Gasteiger partial charge in [0.05, 0.1) is 0 Å². The summed E-state index contributed by atoms with van der Waals surface area (Å²) in [5.41, 5.74) is 5.45. The molecule has 6 nitrogen and oxygen atoms in total. The Hall–Kier alpha value is -1.73. The van der Waals surface area contributed by atoms with Crippen LogP contribution in [0.3, 0.4) is 0 Å². The molecule has 126 valence electrons. The van der Waals surface area contributed by atoms with Crippen LogP contribution in [0.15, 0.2) is 24.3 Å². The van der Waals surface area contributed by atoms with E-state index in [0.717, 1.165) is 0 Å². The Labute approximate surface area is 144 Å². The van der Waals surface area contributed by atoms with Gasteiger partial charge in [-0.3, -0.25) is 9.59 Å². The van der Waals surface area contributed by atoms with Crippen LogP contribution in [0, 0.1) is 0 Å². The van der Waals surface area contributed by atoms with Gasteiger partial charge in [-0.05, 0) is 49.6 Å². The smallest absolute Gasteiger partial charge is 0.329 e. The van der Waals surface area contributed by atoms with Crippen LogP contribution in [-0.4, -0.2) is 41.9 Å². The lowest BCUT2D eigenvalue weighted by atomic mass is 10.1. The van der Waals surface area contributed by atoms with E-state index >= 15 is 0 Å². The minimum atomic E-state index is -1.05. The summed E-state index contributed by atoms with van der Waals surface area (Å²) in [6.45, 7) is 1.38. The van der Waals surface area contributed by atoms with Gasteiger partial charge in [-0.2, -0.15) is 11.8 Å². The molecule has 0 aliphatic carbocycles. The molecule has 0 saturated heterocycles. The lowest BCUT2D eigenvalue weighted by Gasteiger charge is -2.19. The highest BCUT2D eigenvalue weighted by molar-refractivity contribution is 7.98. The van der Waals surface area contributed by atoms with Crippen LogP contribution in [0.2, 0.25) is 5.02 Å². The maximum Gasteiger partial charge on any atom is 0.329 e. The molecule has 0 radical (unpaired) electrons. The van der Waals surface area contributed by atoms with E-state index in [1.54, 1.807) is 24.3 Å². The maximum atomic E-state index is 12.2. The number of nitrogens with one attached hydrogen (secondary N) is 1. The van der Waals surface area contributed by atoms with Crippen molar-refractivity contribution in [3.8, 4) is 0 Å². The highest BCUT2D eigenvalue weighted by Gasteiger charge is 2.25. The van der Waals surface area contributed by atoms with Crippen molar-refractivity contribution in [1.29, 1.82) is 0 Å². The van der Waals surface area contributed by atoms with E-state index in [0.29, 0.717) is 22.8 Å². The van der Waals surface area contributed by atoms with Gasteiger partial charge in [0.15, 0.2) is 6.10 Å². The van der Waals surface area contributed by atoms with Crippen molar-refractivity contribution in [2.45, 2.75) is 25.5 Å². The molecule has 0 heterocycles. The van der Waals surface area contributed by atoms with E-state index in [1.807, 2.05) is 6.26 Å². The summed E-state index contributed by atoms with van der Waals surface area (Å²) in [5.74, 6) is -1.21. The van der Waals surface area contributed by atoms with Gasteiger partial charge in [-0.1, -0.05) is 11.6 Å². The third kappa shape index (κ3) is 6.50. The van der Waals surface area contributed by atoms with Crippen molar-refractivity contribution in [2.24, 2.45) is 5.73 Å². The Kier molecular flexibility index (Phi) is 7.91. The first-order valence-electron chi connectivity index (χ1n) is 6.90. The van der Waals surface area contributed by atoms with Crippen LogP contribution in [0.1, 0.15) is 23.7 Å². The fraction of sp³-hybridized carbons (Fsp3) is 0.400. The van der Waals surface area contributed by atoms with Crippen LogP contribution in [0.25, 0.3) is 0 Å². The number of nitrogens with two attached hydrogens (primary N) is 1. The van der Waals surface area contributed by atoms with E-state index in [-0.39, 0.29) is 0 Å². The first-order chi connectivity index (χ1) is 10.8. The summed E-state index contributed by atoms with van der Waals surface area (Å²) in [7, 11) is 0. The van der Waals surface area contributed by atoms with Gasteiger partial charge in [-0.15, -0.1) is 0 Å². The average Bonchev–Trinajstić information content (AvgIpc) is 2.51. The molecule has 1 aromatic rings. The molecule has 0 saturated carbocycles. The standard InChI is InChI=1S/C15H19ClN2O4S/c1-9(13(17)19)22-15(21)12(7-8-23-2)18-14(20)10-3-5-11(16)6-4-10/h3-6,9,12H,7-8H2,1-2H3,(H2,17,19)(H,18,20)/t9-,12+/m0/s1. The van der Waals surface area contributed by atoms with Crippen LogP contribution >= 0.6 is 23.4 Å². The summed E-state index contributed by atoms with van der Waals surface area (Å²) in [4.78, 5) is 35.3. The molecule has 8 heteroatoms. The van der Waals surface area contributed by atoms with Crippen molar-refractivity contribution in [3.05, 3.63) is 34.9 Å². The largest absolute Gasteiger partial charge is 0.451 e.